The number of rotatable bonds is 22. The van der Waals surface area contributed by atoms with Gasteiger partial charge in [-0.2, -0.15) is 0 Å². The van der Waals surface area contributed by atoms with Crippen LogP contribution >= 0.6 is 0 Å². The molecule has 1 aromatic heterocycles. The molecule has 1 aromatic rings. The van der Waals surface area contributed by atoms with Crippen molar-refractivity contribution in [3.63, 3.8) is 0 Å². The van der Waals surface area contributed by atoms with Crippen LogP contribution in [0.15, 0.2) is 22.8 Å². The minimum Gasteiger partial charge on any atom is -0.467 e. The van der Waals surface area contributed by atoms with E-state index in [1.807, 2.05) is 12.1 Å². The van der Waals surface area contributed by atoms with Crippen LogP contribution in [0.3, 0.4) is 0 Å². The van der Waals surface area contributed by atoms with E-state index in [0.717, 1.165) is 12.2 Å². The summed E-state index contributed by atoms with van der Waals surface area (Å²) in [5.74, 6) is 0.954. The molecule has 0 atom stereocenters. The summed E-state index contributed by atoms with van der Waals surface area (Å²) in [6, 6.07) is 3.73. The molecule has 0 aliphatic rings. The second kappa shape index (κ2) is 21.0. The zero-order chi connectivity index (χ0) is 21.5. The van der Waals surface area contributed by atoms with Crippen LogP contribution in [0.25, 0.3) is 0 Å². The summed E-state index contributed by atoms with van der Waals surface area (Å²) in [7, 11) is 0. The van der Waals surface area contributed by atoms with Gasteiger partial charge in [-0.15, -0.1) is 0 Å². The smallest absolute Gasteiger partial charge is 0.220 e. The minimum atomic E-state index is 0.137. The maximum atomic E-state index is 11.8. The van der Waals surface area contributed by atoms with Crippen LogP contribution in [0.4, 0.5) is 0 Å². The molecule has 0 fully saturated rings. The van der Waals surface area contributed by atoms with E-state index >= 15 is 0 Å². The third kappa shape index (κ3) is 17.6. The van der Waals surface area contributed by atoms with Gasteiger partial charge in [0.1, 0.15) is 5.76 Å². The average Bonchev–Trinajstić information content (AvgIpc) is 3.27. The normalized spacial score (nSPS) is 11.1. The molecule has 174 valence electrons. The Morgan fingerprint density at radius 2 is 1.13 bits per heavy atom. The quantitative estimate of drug-likeness (QED) is 0.191. The lowest BCUT2D eigenvalue weighted by Crippen LogP contribution is -2.21. The summed E-state index contributed by atoms with van der Waals surface area (Å²) in [6.07, 6.45) is 28.5. The number of carbonyl (C=O) groups is 1. The van der Waals surface area contributed by atoms with Crippen molar-refractivity contribution in [3.8, 4) is 0 Å². The summed E-state index contributed by atoms with van der Waals surface area (Å²) >= 11 is 0. The molecule has 0 spiro atoms. The van der Waals surface area contributed by atoms with Crippen LogP contribution in [0.2, 0.25) is 0 Å². The van der Waals surface area contributed by atoms with Gasteiger partial charge in [-0.3, -0.25) is 4.79 Å². The highest BCUT2D eigenvalue weighted by atomic mass is 16.3. The Kier molecular flexibility index (Phi) is 18.7. The highest BCUT2D eigenvalue weighted by molar-refractivity contribution is 5.75. The predicted octanol–water partition coefficient (Wildman–Crippen LogP) is 8.72. The number of unbranched alkanes of at least 4 members (excludes halogenated alkanes) is 18. The van der Waals surface area contributed by atoms with Crippen LogP contribution in [0.1, 0.15) is 141 Å². The molecule has 0 radical (unpaired) electrons. The third-order valence-corrected chi connectivity index (χ3v) is 6.05. The number of amides is 1. The van der Waals surface area contributed by atoms with E-state index in [1.165, 1.54) is 116 Å². The van der Waals surface area contributed by atoms with Crippen LogP contribution in [-0.4, -0.2) is 5.91 Å². The van der Waals surface area contributed by atoms with Crippen LogP contribution in [0, 0.1) is 0 Å². The van der Waals surface area contributed by atoms with Gasteiger partial charge in [-0.05, 0) is 18.6 Å². The fourth-order valence-electron chi connectivity index (χ4n) is 4.05. The standard InChI is InChI=1S/C27H49NO2/c1-2-3-4-5-6-7-8-9-10-11-12-13-14-15-16-17-18-19-20-23-27(29)28-25-26-22-21-24-30-26/h21-22,24H,2-20,23,25H2,1H3,(H,28,29). The monoisotopic (exact) mass is 419 g/mol. The number of carbonyl (C=O) groups excluding carboxylic acids is 1. The fraction of sp³-hybridized carbons (Fsp3) is 0.815. The zero-order valence-electron chi connectivity index (χ0n) is 19.9. The molecule has 0 aliphatic heterocycles. The average molecular weight is 420 g/mol. The number of furan rings is 1. The van der Waals surface area contributed by atoms with Gasteiger partial charge in [0.25, 0.3) is 0 Å². The van der Waals surface area contributed by atoms with E-state index in [-0.39, 0.29) is 5.91 Å². The lowest BCUT2D eigenvalue weighted by atomic mass is 10.0. The molecule has 0 aliphatic carbocycles. The molecular formula is C27H49NO2. The molecule has 3 nitrogen and oxygen atoms in total. The van der Waals surface area contributed by atoms with Crippen molar-refractivity contribution in [2.24, 2.45) is 0 Å². The van der Waals surface area contributed by atoms with Crippen molar-refractivity contribution < 1.29 is 9.21 Å². The maximum Gasteiger partial charge on any atom is 0.220 e. The first-order chi connectivity index (χ1) is 14.8. The molecule has 0 saturated carbocycles. The first-order valence-corrected chi connectivity index (χ1v) is 13.1. The van der Waals surface area contributed by atoms with E-state index in [2.05, 4.69) is 12.2 Å². The topological polar surface area (TPSA) is 42.2 Å². The molecule has 1 N–H and O–H groups in total. The molecule has 1 amide bonds. The second-order valence-electron chi connectivity index (χ2n) is 8.97. The van der Waals surface area contributed by atoms with Crippen molar-refractivity contribution in [2.45, 2.75) is 142 Å². The molecule has 0 unspecified atom stereocenters. The lowest BCUT2D eigenvalue weighted by Gasteiger charge is -2.04. The third-order valence-electron chi connectivity index (χ3n) is 6.05. The summed E-state index contributed by atoms with van der Waals surface area (Å²) in [6.45, 7) is 2.79. The molecule has 1 rings (SSSR count). The molecular weight excluding hydrogens is 370 g/mol. The van der Waals surface area contributed by atoms with Crippen molar-refractivity contribution in [3.05, 3.63) is 24.2 Å². The van der Waals surface area contributed by atoms with Gasteiger partial charge in [0.15, 0.2) is 0 Å². The predicted molar refractivity (Wildman–Crippen MR) is 129 cm³/mol. The van der Waals surface area contributed by atoms with E-state index in [4.69, 9.17) is 4.42 Å². The SMILES string of the molecule is CCCCCCCCCCCCCCCCCCCCCC(=O)NCc1ccco1. The largest absolute Gasteiger partial charge is 0.467 e. The number of hydrogen-bond donors (Lipinski definition) is 1. The molecule has 0 aromatic carbocycles. The summed E-state index contributed by atoms with van der Waals surface area (Å²) in [5, 5.41) is 2.91. The highest BCUT2D eigenvalue weighted by Gasteiger charge is 2.02. The Morgan fingerprint density at radius 1 is 0.700 bits per heavy atom. The summed E-state index contributed by atoms with van der Waals surface area (Å²) in [4.78, 5) is 11.8. The Morgan fingerprint density at radius 3 is 1.53 bits per heavy atom. The molecule has 0 saturated heterocycles. The van der Waals surface area contributed by atoms with Gasteiger partial charge in [-0.1, -0.05) is 122 Å². The van der Waals surface area contributed by atoms with Crippen LogP contribution in [0.5, 0.6) is 0 Å². The van der Waals surface area contributed by atoms with Crippen molar-refractivity contribution in [1.82, 2.24) is 5.32 Å². The number of nitrogens with one attached hydrogen (secondary N) is 1. The highest BCUT2D eigenvalue weighted by Crippen LogP contribution is 2.14. The van der Waals surface area contributed by atoms with Crippen LogP contribution < -0.4 is 5.32 Å². The van der Waals surface area contributed by atoms with Gasteiger partial charge in [-0.25, -0.2) is 0 Å². The fourth-order valence-corrected chi connectivity index (χ4v) is 4.05. The Labute approximate surface area is 186 Å². The van der Waals surface area contributed by atoms with E-state index in [9.17, 15) is 4.79 Å². The van der Waals surface area contributed by atoms with Gasteiger partial charge in [0, 0.05) is 6.42 Å². The van der Waals surface area contributed by atoms with Gasteiger partial charge in [0.2, 0.25) is 5.91 Å². The van der Waals surface area contributed by atoms with E-state index in [1.54, 1.807) is 6.26 Å². The first kappa shape index (κ1) is 26.8. The lowest BCUT2D eigenvalue weighted by molar-refractivity contribution is -0.121. The first-order valence-electron chi connectivity index (χ1n) is 13.1. The molecule has 0 bridgehead atoms. The Hall–Kier alpha value is -1.25. The molecule has 1 heterocycles. The second-order valence-corrected chi connectivity index (χ2v) is 8.97. The zero-order valence-corrected chi connectivity index (χ0v) is 19.9. The van der Waals surface area contributed by atoms with Crippen molar-refractivity contribution in [2.75, 3.05) is 0 Å². The Balaban J connectivity index is 1.69. The van der Waals surface area contributed by atoms with Gasteiger partial charge < -0.3 is 9.73 Å². The summed E-state index contributed by atoms with van der Waals surface area (Å²) < 4.78 is 5.21. The minimum absolute atomic E-state index is 0.137. The van der Waals surface area contributed by atoms with Crippen LogP contribution in [-0.2, 0) is 11.3 Å². The molecule has 30 heavy (non-hydrogen) atoms. The maximum absolute atomic E-state index is 11.8. The number of hydrogen-bond acceptors (Lipinski definition) is 2. The van der Waals surface area contributed by atoms with Gasteiger partial charge in [0.05, 0.1) is 12.8 Å². The van der Waals surface area contributed by atoms with Crippen molar-refractivity contribution in [1.29, 1.82) is 0 Å². The molecule has 3 heteroatoms. The van der Waals surface area contributed by atoms with E-state index in [0.29, 0.717) is 13.0 Å². The Bertz CT molecular complexity index is 469. The van der Waals surface area contributed by atoms with E-state index < -0.39 is 0 Å². The summed E-state index contributed by atoms with van der Waals surface area (Å²) in [5.41, 5.74) is 0. The van der Waals surface area contributed by atoms with Gasteiger partial charge >= 0.3 is 0 Å². The van der Waals surface area contributed by atoms with Crippen molar-refractivity contribution >= 4 is 5.91 Å².